The van der Waals surface area contributed by atoms with Crippen molar-refractivity contribution in [3.8, 4) is 0 Å². The first-order valence-corrected chi connectivity index (χ1v) is 6.92. The first kappa shape index (κ1) is 13.1. The van der Waals surface area contributed by atoms with Crippen molar-refractivity contribution in [2.24, 2.45) is 0 Å². The minimum atomic E-state index is -3.51. The molecular weight excluding hydrogens is 228 g/mol. The maximum atomic E-state index is 12.1. The Bertz CT molecular complexity index is 388. The Hall–Kier alpha value is -0.950. The zero-order valence-electron chi connectivity index (χ0n) is 9.68. The third kappa shape index (κ3) is 3.02. The lowest BCUT2D eigenvalue weighted by Crippen LogP contribution is -2.33. The number of unbranched alkanes of at least 4 members (excludes halogenated alkanes) is 1. The van der Waals surface area contributed by atoms with Crippen LogP contribution >= 0.6 is 0 Å². The lowest BCUT2D eigenvalue weighted by Gasteiger charge is -2.19. The van der Waals surface area contributed by atoms with Gasteiger partial charge in [0.15, 0.2) is 0 Å². The molecule has 16 heavy (non-hydrogen) atoms. The van der Waals surface area contributed by atoms with Crippen molar-refractivity contribution < 1.29 is 8.42 Å². The van der Waals surface area contributed by atoms with Crippen LogP contribution in [0.1, 0.15) is 33.1 Å². The van der Waals surface area contributed by atoms with Gasteiger partial charge in [0.05, 0.1) is 0 Å². The molecule has 0 amide bonds. The van der Waals surface area contributed by atoms with E-state index in [9.17, 15) is 8.42 Å². The predicted octanol–water partition coefficient (Wildman–Crippen LogP) is 1.01. The first-order chi connectivity index (χ1) is 7.62. The Kier molecular flexibility index (Phi) is 4.88. The molecule has 1 aromatic rings. The van der Waals surface area contributed by atoms with Crippen molar-refractivity contribution in [1.82, 2.24) is 19.5 Å². The quantitative estimate of drug-likeness (QED) is 0.778. The van der Waals surface area contributed by atoms with Crippen molar-refractivity contribution in [1.29, 1.82) is 0 Å². The summed E-state index contributed by atoms with van der Waals surface area (Å²) in [7, 11) is -3.51. The van der Waals surface area contributed by atoms with Gasteiger partial charge >= 0.3 is 0 Å². The molecule has 1 aromatic heterocycles. The van der Waals surface area contributed by atoms with Crippen LogP contribution in [0.5, 0.6) is 0 Å². The lowest BCUT2D eigenvalue weighted by molar-refractivity contribution is 0.398. The normalized spacial score (nSPS) is 12.2. The summed E-state index contributed by atoms with van der Waals surface area (Å²) in [6.07, 6.45) is 3.87. The number of aromatic amines is 1. The molecule has 92 valence electrons. The topological polar surface area (TPSA) is 79.0 Å². The highest BCUT2D eigenvalue weighted by Crippen LogP contribution is 2.11. The van der Waals surface area contributed by atoms with E-state index < -0.39 is 10.0 Å². The average molecular weight is 246 g/mol. The van der Waals surface area contributed by atoms with Crippen molar-refractivity contribution in [3.05, 3.63) is 6.33 Å². The molecule has 6 nitrogen and oxygen atoms in total. The van der Waals surface area contributed by atoms with Crippen LogP contribution in [0.3, 0.4) is 0 Å². The molecule has 0 fully saturated rings. The van der Waals surface area contributed by atoms with Crippen LogP contribution in [0.15, 0.2) is 11.5 Å². The molecule has 0 saturated heterocycles. The highest BCUT2D eigenvalue weighted by molar-refractivity contribution is 7.88. The molecule has 0 spiro atoms. The third-order valence-electron chi connectivity index (χ3n) is 2.20. The van der Waals surface area contributed by atoms with E-state index in [-0.39, 0.29) is 5.16 Å². The summed E-state index contributed by atoms with van der Waals surface area (Å²) in [5.41, 5.74) is 0. The van der Waals surface area contributed by atoms with Gasteiger partial charge in [0.25, 0.3) is 15.2 Å². The Morgan fingerprint density at radius 2 is 2.06 bits per heavy atom. The van der Waals surface area contributed by atoms with E-state index in [1.807, 2.05) is 13.8 Å². The molecule has 0 radical (unpaired) electrons. The van der Waals surface area contributed by atoms with E-state index >= 15 is 0 Å². The second-order valence-corrected chi connectivity index (χ2v) is 5.37. The SMILES string of the molecule is CCCCN(CCC)S(=O)(=O)c1nc[nH]n1. The van der Waals surface area contributed by atoms with Gasteiger partial charge < -0.3 is 0 Å². The molecule has 0 aliphatic heterocycles. The molecule has 0 bridgehead atoms. The van der Waals surface area contributed by atoms with E-state index in [0.29, 0.717) is 13.1 Å². The van der Waals surface area contributed by atoms with Crippen molar-refractivity contribution in [2.75, 3.05) is 13.1 Å². The number of aromatic nitrogens is 3. The van der Waals surface area contributed by atoms with E-state index in [1.165, 1.54) is 10.6 Å². The molecular formula is C9H18N4O2S. The summed E-state index contributed by atoms with van der Waals surface area (Å²) in [6.45, 7) is 5.02. The van der Waals surface area contributed by atoms with Gasteiger partial charge in [-0.3, -0.25) is 5.10 Å². The monoisotopic (exact) mass is 246 g/mol. The molecule has 7 heteroatoms. The van der Waals surface area contributed by atoms with Crippen LogP contribution in [0.2, 0.25) is 0 Å². The molecule has 1 heterocycles. The first-order valence-electron chi connectivity index (χ1n) is 5.48. The second kappa shape index (κ2) is 5.95. The van der Waals surface area contributed by atoms with E-state index in [4.69, 9.17) is 0 Å². The number of nitrogens with zero attached hydrogens (tertiary/aromatic N) is 3. The molecule has 0 aliphatic rings. The van der Waals surface area contributed by atoms with Crippen LogP contribution in [0.4, 0.5) is 0 Å². The zero-order valence-corrected chi connectivity index (χ0v) is 10.5. The predicted molar refractivity (Wildman–Crippen MR) is 60.3 cm³/mol. The maximum Gasteiger partial charge on any atom is 0.282 e. The fourth-order valence-corrected chi connectivity index (χ4v) is 2.75. The summed E-state index contributed by atoms with van der Waals surface area (Å²) >= 11 is 0. The molecule has 1 N–H and O–H groups in total. The van der Waals surface area contributed by atoms with Crippen LogP contribution in [0.25, 0.3) is 0 Å². The Morgan fingerprint density at radius 1 is 1.31 bits per heavy atom. The van der Waals surface area contributed by atoms with Gasteiger partial charge in [-0.15, -0.1) is 5.10 Å². The number of sulfonamides is 1. The molecule has 0 atom stereocenters. The average Bonchev–Trinajstić information content (AvgIpc) is 2.77. The van der Waals surface area contributed by atoms with E-state index in [0.717, 1.165) is 19.3 Å². The van der Waals surface area contributed by atoms with Gasteiger partial charge in [-0.2, -0.15) is 4.31 Å². The number of nitrogens with one attached hydrogen (secondary N) is 1. The number of rotatable bonds is 7. The van der Waals surface area contributed by atoms with Gasteiger partial charge in [-0.05, 0) is 12.8 Å². The summed E-state index contributed by atoms with van der Waals surface area (Å²) in [5, 5.41) is 5.91. The minimum Gasteiger partial charge on any atom is -0.265 e. The second-order valence-electron chi connectivity index (χ2n) is 3.54. The number of hydrogen-bond donors (Lipinski definition) is 1. The van der Waals surface area contributed by atoms with Crippen molar-refractivity contribution >= 4 is 10.0 Å². The van der Waals surface area contributed by atoms with E-state index in [1.54, 1.807) is 0 Å². The zero-order chi connectivity index (χ0) is 12.0. The summed E-state index contributed by atoms with van der Waals surface area (Å²) in [6, 6.07) is 0. The highest BCUT2D eigenvalue weighted by Gasteiger charge is 2.26. The molecule has 1 rings (SSSR count). The Balaban J connectivity index is 2.84. The van der Waals surface area contributed by atoms with Crippen LogP contribution in [-0.2, 0) is 10.0 Å². The summed E-state index contributed by atoms with van der Waals surface area (Å²) in [5.74, 6) is 0. The molecule has 0 saturated carbocycles. The Morgan fingerprint density at radius 3 is 2.56 bits per heavy atom. The number of H-pyrrole nitrogens is 1. The standard InChI is InChI=1S/C9H18N4O2S/c1-3-5-7-13(6-4-2)16(14,15)9-10-8-11-12-9/h8H,3-7H2,1-2H3,(H,10,11,12). The minimum absolute atomic E-state index is 0.142. The van der Waals surface area contributed by atoms with Crippen LogP contribution in [-0.4, -0.2) is 41.0 Å². The van der Waals surface area contributed by atoms with Crippen LogP contribution in [0, 0.1) is 0 Å². The van der Waals surface area contributed by atoms with Crippen molar-refractivity contribution in [2.45, 2.75) is 38.3 Å². The largest absolute Gasteiger partial charge is 0.282 e. The smallest absolute Gasteiger partial charge is 0.265 e. The van der Waals surface area contributed by atoms with Gasteiger partial charge in [0.1, 0.15) is 6.33 Å². The fourth-order valence-electron chi connectivity index (χ4n) is 1.37. The fraction of sp³-hybridized carbons (Fsp3) is 0.778. The Labute approximate surface area is 96.1 Å². The lowest BCUT2D eigenvalue weighted by atomic mass is 10.3. The van der Waals surface area contributed by atoms with Gasteiger partial charge in [-0.25, -0.2) is 13.4 Å². The molecule has 0 aromatic carbocycles. The maximum absolute atomic E-state index is 12.1. The number of hydrogen-bond acceptors (Lipinski definition) is 4. The van der Waals surface area contributed by atoms with Crippen molar-refractivity contribution in [3.63, 3.8) is 0 Å². The summed E-state index contributed by atoms with van der Waals surface area (Å²) < 4.78 is 25.6. The summed E-state index contributed by atoms with van der Waals surface area (Å²) in [4.78, 5) is 3.70. The molecule has 0 aliphatic carbocycles. The van der Waals surface area contributed by atoms with Gasteiger partial charge in [0, 0.05) is 13.1 Å². The van der Waals surface area contributed by atoms with Crippen LogP contribution < -0.4 is 0 Å². The third-order valence-corrected chi connectivity index (χ3v) is 3.90. The van der Waals surface area contributed by atoms with E-state index in [2.05, 4.69) is 15.2 Å². The molecule has 0 unspecified atom stereocenters. The van der Waals surface area contributed by atoms with Gasteiger partial charge in [-0.1, -0.05) is 20.3 Å². The van der Waals surface area contributed by atoms with Gasteiger partial charge in [0.2, 0.25) is 0 Å². The highest BCUT2D eigenvalue weighted by atomic mass is 32.2.